The van der Waals surface area contributed by atoms with E-state index in [0.717, 1.165) is 32.5 Å². The lowest BCUT2D eigenvalue weighted by Crippen LogP contribution is -2.00. The first-order chi connectivity index (χ1) is 8.69. The maximum Gasteiger partial charge on any atom is 0.119 e. The largest absolute Gasteiger partial charge is 0.497 e. The molecule has 0 unspecified atom stereocenters. The van der Waals surface area contributed by atoms with Gasteiger partial charge < -0.3 is 10.1 Å². The Balaban J connectivity index is 2.10. The second kappa shape index (κ2) is 6.25. The number of nitrogens with one attached hydrogen (secondary N) is 1. The maximum absolute atomic E-state index is 5.22. The van der Waals surface area contributed by atoms with Crippen LogP contribution in [0, 0.1) is 0 Å². The van der Waals surface area contributed by atoms with Gasteiger partial charge in [-0.15, -0.1) is 0 Å². The van der Waals surface area contributed by atoms with Crippen molar-refractivity contribution in [2.24, 2.45) is 0 Å². The normalized spacial score (nSPS) is 10.2. The highest BCUT2D eigenvalue weighted by Crippen LogP contribution is 2.24. The second-order valence-corrected chi connectivity index (χ2v) is 5.59. The molecule has 0 spiro atoms. The molecule has 0 atom stereocenters. The Kier molecular flexibility index (Phi) is 4.66. The minimum Gasteiger partial charge on any atom is -0.497 e. The molecule has 1 N–H and O–H groups in total. The van der Waals surface area contributed by atoms with E-state index in [4.69, 9.17) is 4.74 Å². The number of benzene rings is 2. The quantitative estimate of drug-likeness (QED) is 0.831. The van der Waals surface area contributed by atoms with Gasteiger partial charge in [0.2, 0.25) is 0 Å². The number of ether oxygens (including phenoxy) is 1. The molecule has 0 fully saturated rings. The molecule has 18 heavy (non-hydrogen) atoms. The molecule has 4 heteroatoms. The van der Waals surface area contributed by atoms with E-state index < -0.39 is 0 Å². The third kappa shape index (κ3) is 3.50. The Morgan fingerprint density at radius 2 is 1.94 bits per heavy atom. The highest BCUT2D eigenvalue weighted by Gasteiger charge is 2.02. The van der Waals surface area contributed by atoms with E-state index in [-0.39, 0.29) is 0 Å². The number of halogens is 2. The number of hydrogen-bond donors (Lipinski definition) is 1. The van der Waals surface area contributed by atoms with Gasteiger partial charge in [0.05, 0.1) is 7.11 Å². The third-order valence-corrected chi connectivity index (χ3v) is 3.83. The molecule has 0 radical (unpaired) electrons. The van der Waals surface area contributed by atoms with Gasteiger partial charge >= 0.3 is 0 Å². The van der Waals surface area contributed by atoms with E-state index >= 15 is 0 Å². The summed E-state index contributed by atoms with van der Waals surface area (Å²) in [5.41, 5.74) is 2.24. The van der Waals surface area contributed by atoms with E-state index in [0.29, 0.717) is 0 Å². The van der Waals surface area contributed by atoms with Gasteiger partial charge in [0.15, 0.2) is 0 Å². The van der Waals surface area contributed by atoms with Crippen LogP contribution in [0.25, 0.3) is 0 Å². The molecule has 94 valence electrons. The molecule has 2 aromatic rings. The molecule has 0 saturated carbocycles. The third-order valence-electron chi connectivity index (χ3n) is 2.56. The summed E-state index contributed by atoms with van der Waals surface area (Å²) in [5, 5.41) is 3.38. The minimum atomic E-state index is 0.744. The molecule has 2 rings (SSSR count). The van der Waals surface area contributed by atoms with E-state index in [9.17, 15) is 0 Å². The zero-order valence-corrected chi connectivity index (χ0v) is 13.1. The first-order valence-corrected chi connectivity index (χ1v) is 7.09. The minimum absolute atomic E-state index is 0.744. The van der Waals surface area contributed by atoms with Crippen LogP contribution in [-0.4, -0.2) is 7.11 Å². The van der Waals surface area contributed by atoms with E-state index in [1.807, 2.05) is 42.5 Å². The fraction of sp³-hybridized carbons (Fsp3) is 0.143. The Morgan fingerprint density at radius 1 is 1.11 bits per heavy atom. The fourth-order valence-corrected chi connectivity index (χ4v) is 2.40. The average Bonchev–Trinajstić information content (AvgIpc) is 2.38. The maximum atomic E-state index is 5.22. The van der Waals surface area contributed by atoms with Crippen LogP contribution in [-0.2, 0) is 6.54 Å². The lowest BCUT2D eigenvalue weighted by molar-refractivity contribution is 0.414. The van der Waals surface area contributed by atoms with Gasteiger partial charge in [0.25, 0.3) is 0 Å². The molecular formula is C14H13Br2NO. The van der Waals surface area contributed by atoms with Gasteiger partial charge in [0.1, 0.15) is 5.75 Å². The van der Waals surface area contributed by atoms with Gasteiger partial charge in [0, 0.05) is 21.2 Å². The summed E-state index contributed by atoms with van der Waals surface area (Å²) in [4.78, 5) is 0. The topological polar surface area (TPSA) is 21.3 Å². The molecular weight excluding hydrogens is 358 g/mol. The van der Waals surface area contributed by atoms with Crippen molar-refractivity contribution in [2.75, 3.05) is 12.4 Å². The van der Waals surface area contributed by atoms with Crippen molar-refractivity contribution in [3.05, 3.63) is 57.0 Å². The Bertz CT molecular complexity index is 543. The van der Waals surface area contributed by atoms with Gasteiger partial charge in [-0.05, 0) is 42.0 Å². The van der Waals surface area contributed by atoms with Gasteiger partial charge in [-0.3, -0.25) is 0 Å². The van der Waals surface area contributed by atoms with E-state index in [2.05, 4.69) is 37.2 Å². The molecule has 0 amide bonds. The predicted molar refractivity (Wildman–Crippen MR) is 82.2 cm³/mol. The Labute approximate surface area is 124 Å². The van der Waals surface area contributed by atoms with Crippen molar-refractivity contribution in [1.82, 2.24) is 0 Å². The van der Waals surface area contributed by atoms with Crippen LogP contribution in [0.2, 0.25) is 0 Å². The molecule has 0 aliphatic rings. The number of anilines is 1. The van der Waals surface area contributed by atoms with Crippen LogP contribution in [0.15, 0.2) is 51.4 Å². The monoisotopic (exact) mass is 369 g/mol. The van der Waals surface area contributed by atoms with Crippen molar-refractivity contribution in [3.63, 3.8) is 0 Å². The summed E-state index contributed by atoms with van der Waals surface area (Å²) in [6, 6.07) is 14.1. The summed E-state index contributed by atoms with van der Waals surface area (Å²) < 4.78 is 7.37. The first-order valence-electron chi connectivity index (χ1n) is 5.51. The molecule has 0 aliphatic heterocycles. The smallest absolute Gasteiger partial charge is 0.119 e. The Morgan fingerprint density at radius 3 is 2.67 bits per heavy atom. The molecule has 0 saturated heterocycles. The lowest BCUT2D eigenvalue weighted by atomic mass is 10.2. The van der Waals surface area contributed by atoms with E-state index in [1.54, 1.807) is 7.11 Å². The van der Waals surface area contributed by atoms with E-state index in [1.165, 1.54) is 0 Å². The molecule has 0 aromatic heterocycles. The van der Waals surface area contributed by atoms with Crippen LogP contribution in [0.1, 0.15) is 5.56 Å². The van der Waals surface area contributed by atoms with Gasteiger partial charge in [-0.1, -0.05) is 37.9 Å². The van der Waals surface area contributed by atoms with Crippen LogP contribution in [0.3, 0.4) is 0 Å². The summed E-state index contributed by atoms with van der Waals surface area (Å²) in [6.07, 6.45) is 0. The molecule has 0 heterocycles. The zero-order chi connectivity index (χ0) is 13.0. The van der Waals surface area contributed by atoms with Crippen LogP contribution >= 0.6 is 31.9 Å². The Hall–Kier alpha value is -1.00. The van der Waals surface area contributed by atoms with Crippen molar-refractivity contribution in [2.45, 2.75) is 6.54 Å². The number of rotatable bonds is 4. The van der Waals surface area contributed by atoms with Crippen molar-refractivity contribution in [3.8, 4) is 5.75 Å². The lowest BCUT2D eigenvalue weighted by Gasteiger charge is -2.10. The molecule has 2 nitrogen and oxygen atoms in total. The summed E-state index contributed by atoms with van der Waals surface area (Å²) in [5.74, 6) is 0.865. The highest BCUT2D eigenvalue weighted by atomic mass is 79.9. The standard InChI is InChI=1S/C14H13Br2NO/c1-18-13-5-6-14(16)10(7-13)9-17-12-4-2-3-11(15)8-12/h2-8,17H,9H2,1H3. The average molecular weight is 371 g/mol. The second-order valence-electron chi connectivity index (χ2n) is 3.82. The van der Waals surface area contributed by atoms with Gasteiger partial charge in [-0.2, -0.15) is 0 Å². The number of methoxy groups -OCH3 is 1. The zero-order valence-electron chi connectivity index (χ0n) is 9.91. The van der Waals surface area contributed by atoms with Crippen molar-refractivity contribution in [1.29, 1.82) is 0 Å². The number of hydrogen-bond acceptors (Lipinski definition) is 2. The SMILES string of the molecule is COc1ccc(Br)c(CNc2cccc(Br)c2)c1. The van der Waals surface area contributed by atoms with Crippen LogP contribution in [0.5, 0.6) is 5.75 Å². The van der Waals surface area contributed by atoms with Crippen molar-refractivity contribution < 1.29 is 4.74 Å². The highest BCUT2D eigenvalue weighted by molar-refractivity contribution is 9.10. The first kappa shape index (κ1) is 13.4. The summed E-state index contributed by atoms with van der Waals surface area (Å²) in [7, 11) is 1.68. The predicted octanol–water partition coefficient (Wildman–Crippen LogP) is 4.83. The fourth-order valence-electron chi connectivity index (χ4n) is 1.61. The van der Waals surface area contributed by atoms with Gasteiger partial charge in [-0.25, -0.2) is 0 Å². The summed E-state index contributed by atoms with van der Waals surface area (Å²) >= 11 is 7.00. The molecule has 0 bridgehead atoms. The molecule has 2 aromatic carbocycles. The van der Waals surface area contributed by atoms with Crippen LogP contribution in [0.4, 0.5) is 5.69 Å². The molecule has 0 aliphatic carbocycles. The van der Waals surface area contributed by atoms with Crippen LogP contribution < -0.4 is 10.1 Å². The summed E-state index contributed by atoms with van der Waals surface area (Å²) in [6.45, 7) is 0.744. The van der Waals surface area contributed by atoms with Crippen molar-refractivity contribution >= 4 is 37.5 Å².